The highest BCUT2D eigenvalue weighted by molar-refractivity contribution is 5.95. The van der Waals surface area contributed by atoms with E-state index in [0.29, 0.717) is 19.0 Å². The van der Waals surface area contributed by atoms with Gasteiger partial charge in [-0.3, -0.25) is 9.79 Å². The van der Waals surface area contributed by atoms with Crippen molar-refractivity contribution in [3.8, 4) is 0 Å². The van der Waals surface area contributed by atoms with E-state index >= 15 is 0 Å². The van der Waals surface area contributed by atoms with E-state index < -0.39 is 0 Å². The lowest BCUT2D eigenvalue weighted by Crippen LogP contribution is -2.37. The lowest BCUT2D eigenvalue weighted by Gasteiger charge is -2.17. The summed E-state index contributed by atoms with van der Waals surface area (Å²) < 4.78 is 0. The van der Waals surface area contributed by atoms with Gasteiger partial charge in [-0.25, -0.2) is 0 Å². The SMILES string of the molecule is CC1CN=C(NCc2cccc(N3CCCC3=O)c2)N1. The van der Waals surface area contributed by atoms with Crippen molar-refractivity contribution in [1.29, 1.82) is 0 Å². The highest BCUT2D eigenvalue weighted by atomic mass is 16.2. The average molecular weight is 272 g/mol. The number of carbonyl (C=O) groups excluding carboxylic acids is 1. The smallest absolute Gasteiger partial charge is 0.227 e. The Morgan fingerprint density at radius 1 is 1.50 bits per heavy atom. The predicted octanol–water partition coefficient (Wildman–Crippen LogP) is 1.25. The Labute approximate surface area is 119 Å². The van der Waals surface area contributed by atoms with Gasteiger partial charge in [-0.2, -0.15) is 0 Å². The molecule has 0 aromatic heterocycles. The molecule has 0 spiro atoms. The molecule has 1 fully saturated rings. The van der Waals surface area contributed by atoms with Crippen molar-refractivity contribution in [2.75, 3.05) is 18.0 Å². The number of hydrogen-bond donors (Lipinski definition) is 2. The molecular weight excluding hydrogens is 252 g/mol. The third-order valence-electron chi connectivity index (χ3n) is 3.66. The summed E-state index contributed by atoms with van der Waals surface area (Å²) in [6.45, 7) is 4.48. The summed E-state index contributed by atoms with van der Waals surface area (Å²) in [5.74, 6) is 1.09. The molecule has 0 radical (unpaired) electrons. The van der Waals surface area contributed by atoms with Gasteiger partial charge in [-0.05, 0) is 31.0 Å². The van der Waals surface area contributed by atoms with Gasteiger partial charge in [0.25, 0.3) is 0 Å². The molecule has 3 rings (SSSR count). The molecule has 1 aromatic carbocycles. The van der Waals surface area contributed by atoms with Crippen LogP contribution in [-0.4, -0.2) is 31.0 Å². The maximum Gasteiger partial charge on any atom is 0.227 e. The van der Waals surface area contributed by atoms with Crippen LogP contribution < -0.4 is 15.5 Å². The molecule has 2 heterocycles. The number of benzene rings is 1. The molecule has 1 atom stereocenters. The van der Waals surface area contributed by atoms with E-state index in [1.807, 2.05) is 17.0 Å². The van der Waals surface area contributed by atoms with Crippen LogP contribution in [0.15, 0.2) is 29.3 Å². The molecule has 2 aliphatic heterocycles. The van der Waals surface area contributed by atoms with Crippen LogP contribution in [0.25, 0.3) is 0 Å². The second-order valence-electron chi connectivity index (χ2n) is 5.41. The van der Waals surface area contributed by atoms with Crippen LogP contribution >= 0.6 is 0 Å². The van der Waals surface area contributed by atoms with Gasteiger partial charge in [-0.1, -0.05) is 12.1 Å². The summed E-state index contributed by atoms with van der Waals surface area (Å²) in [7, 11) is 0. The van der Waals surface area contributed by atoms with Gasteiger partial charge in [-0.15, -0.1) is 0 Å². The summed E-state index contributed by atoms with van der Waals surface area (Å²) in [6.07, 6.45) is 1.63. The average Bonchev–Trinajstić information content (AvgIpc) is 3.05. The largest absolute Gasteiger partial charge is 0.352 e. The Bertz CT molecular complexity index is 540. The van der Waals surface area contributed by atoms with Crippen molar-refractivity contribution >= 4 is 17.6 Å². The molecule has 1 saturated heterocycles. The minimum Gasteiger partial charge on any atom is -0.352 e. The van der Waals surface area contributed by atoms with Gasteiger partial charge in [0.2, 0.25) is 5.91 Å². The zero-order valence-corrected chi connectivity index (χ0v) is 11.7. The maximum atomic E-state index is 11.8. The Morgan fingerprint density at radius 2 is 2.40 bits per heavy atom. The number of guanidine groups is 1. The summed E-state index contributed by atoms with van der Waals surface area (Å²) in [4.78, 5) is 18.0. The van der Waals surface area contributed by atoms with E-state index in [-0.39, 0.29) is 5.91 Å². The third kappa shape index (κ3) is 2.76. The first-order valence-electron chi connectivity index (χ1n) is 7.16. The standard InChI is InChI=1S/C15H20N4O/c1-11-9-16-15(18-11)17-10-12-4-2-5-13(8-12)19-7-3-6-14(19)20/h2,4-5,8,11H,3,6-7,9-10H2,1H3,(H2,16,17,18). The molecule has 2 aliphatic rings. The number of nitrogens with one attached hydrogen (secondary N) is 2. The number of amides is 1. The normalized spacial score (nSPS) is 21.9. The predicted molar refractivity (Wildman–Crippen MR) is 79.8 cm³/mol. The number of hydrogen-bond acceptors (Lipinski definition) is 4. The first kappa shape index (κ1) is 13.0. The van der Waals surface area contributed by atoms with Gasteiger partial charge < -0.3 is 15.5 Å². The van der Waals surface area contributed by atoms with E-state index in [2.05, 4.69) is 34.7 Å². The van der Waals surface area contributed by atoms with Crippen molar-refractivity contribution in [2.24, 2.45) is 4.99 Å². The molecule has 1 amide bonds. The molecule has 2 N–H and O–H groups in total. The Kier molecular flexibility index (Phi) is 3.58. The molecule has 1 unspecified atom stereocenters. The fourth-order valence-corrected chi connectivity index (χ4v) is 2.60. The van der Waals surface area contributed by atoms with Crippen molar-refractivity contribution in [3.05, 3.63) is 29.8 Å². The van der Waals surface area contributed by atoms with Gasteiger partial charge >= 0.3 is 0 Å². The Hall–Kier alpha value is -2.04. The van der Waals surface area contributed by atoms with Crippen LogP contribution in [0.4, 0.5) is 5.69 Å². The molecule has 0 bridgehead atoms. The van der Waals surface area contributed by atoms with Crippen molar-refractivity contribution in [1.82, 2.24) is 10.6 Å². The zero-order valence-electron chi connectivity index (χ0n) is 11.7. The van der Waals surface area contributed by atoms with E-state index in [0.717, 1.165) is 36.7 Å². The first-order valence-corrected chi connectivity index (χ1v) is 7.16. The van der Waals surface area contributed by atoms with Crippen LogP contribution in [0.3, 0.4) is 0 Å². The number of nitrogens with zero attached hydrogens (tertiary/aromatic N) is 2. The van der Waals surface area contributed by atoms with E-state index in [4.69, 9.17) is 0 Å². The van der Waals surface area contributed by atoms with Gasteiger partial charge in [0.1, 0.15) is 0 Å². The molecule has 1 aromatic rings. The lowest BCUT2D eigenvalue weighted by molar-refractivity contribution is -0.117. The van der Waals surface area contributed by atoms with Gasteiger partial charge in [0.15, 0.2) is 5.96 Å². The highest BCUT2D eigenvalue weighted by Crippen LogP contribution is 2.22. The lowest BCUT2D eigenvalue weighted by atomic mass is 10.2. The fraction of sp³-hybridized carbons (Fsp3) is 0.467. The fourth-order valence-electron chi connectivity index (χ4n) is 2.60. The molecule has 0 saturated carbocycles. The van der Waals surface area contributed by atoms with Crippen LogP contribution in [0.2, 0.25) is 0 Å². The summed E-state index contributed by atoms with van der Waals surface area (Å²) >= 11 is 0. The highest BCUT2D eigenvalue weighted by Gasteiger charge is 2.21. The Balaban J connectivity index is 1.64. The van der Waals surface area contributed by atoms with Crippen molar-refractivity contribution < 1.29 is 4.79 Å². The monoisotopic (exact) mass is 272 g/mol. The number of aliphatic imine (C=N–C) groups is 1. The molecule has 106 valence electrons. The number of carbonyl (C=O) groups is 1. The molecular formula is C15H20N4O. The second kappa shape index (κ2) is 5.53. The van der Waals surface area contributed by atoms with Crippen LogP contribution in [0.5, 0.6) is 0 Å². The summed E-state index contributed by atoms with van der Waals surface area (Å²) in [5.41, 5.74) is 2.16. The molecule has 5 heteroatoms. The Morgan fingerprint density at radius 3 is 3.10 bits per heavy atom. The number of rotatable bonds is 3. The zero-order chi connectivity index (χ0) is 13.9. The minimum atomic E-state index is 0.228. The van der Waals surface area contributed by atoms with Crippen LogP contribution in [-0.2, 0) is 11.3 Å². The second-order valence-corrected chi connectivity index (χ2v) is 5.41. The molecule has 5 nitrogen and oxygen atoms in total. The van der Waals surface area contributed by atoms with E-state index in [1.165, 1.54) is 0 Å². The number of anilines is 1. The van der Waals surface area contributed by atoms with E-state index in [1.54, 1.807) is 0 Å². The topological polar surface area (TPSA) is 56.7 Å². The summed E-state index contributed by atoms with van der Waals surface area (Å²) in [6, 6.07) is 8.56. The quantitative estimate of drug-likeness (QED) is 0.870. The van der Waals surface area contributed by atoms with Gasteiger partial charge in [0, 0.05) is 31.2 Å². The minimum absolute atomic E-state index is 0.228. The van der Waals surface area contributed by atoms with Crippen LogP contribution in [0.1, 0.15) is 25.3 Å². The van der Waals surface area contributed by atoms with Crippen LogP contribution in [0, 0.1) is 0 Å². The first-order chi connectivity index (χ1) is 9.72. The maximum absolute atomic E-state index is 11.8. The third-order valence-corrected chi connectivity index (χ3v) is 3.66. The molecule has 0 aliphatic carbocycles. The van der Waals surface area contributed by atoms with E-state index in [9.17, 15) is 4.79 Å². The van der Waals surface area contributed by atoms with Gasteiger partial charge in [0.05, 0.1) is 6.54 Å². The summed E-state index contributed by atoms with van der Waals surface area (Å²) in [5, 5.41) is 6.57. The van der Waals surface area contributed by atoms with Crippen molar-refractivity contribution in [3.63, 3.8) is 0 Å². The van der Waals surface area contributed by atoms with Crippen molar-refractivity contribution in [2.45, 2.75) is 32.4 Å². The molecule has 20 heavy (non-hydrogen) atoms.